The van der Waals surface area contributed by atoms with Crippen molar-refractivity contribution in [3.8, 4) is 0 Å². The highest BCUT2D eigenvalue weighted by Crippen LogP contribution is 2.21. The first-order valence-electron chi connectivity index (χ1n) is 8.21. The molecule has 3 rings (SSSR count). The number of pyridine rings is 1. The number of nitrogens with one attached hydrogen (secondary N) is 1. The number of rotatable bonds is 4. The van der Waals surface area contributed by atoms with Gasteiger partial charge < -0.3 is 14.6 Å². The van der Waals surface area contributed by atoms with Gasteiger partial charge in [-0.1, -0.05) is 6.07 Å². The molecule has 1 saturated heterocycles. The summed E-state index contributed by atoms with van der Waals surface area (Å²) in [6, 6.07) is 7.86. The number of amides is 1. The summed E-state index contributed by atoms with van der Waals surface area (Å²) in [6.07, 6.45) is 6.39. The molecular weight excluding hydrogens is 290 g/mol. The summed E-state index contributed by atoms with van der Waals surface area (Å²) in [5.74, 6) is 0.406. The van der Waals surface area contributed by atoms with Crippen LogP contribution in [-0.4, -0.2) is 34.9 Å². The Bertz CT molecular complexity index is 631. The average molecular weight is 313 g/mol. The van der Waals surface area contributed by atoms with Crippen molar-refractivity contribution < 1.29 is 9.21 Å². The highest BCUT2D eigenvalue weighted by atomic mass is 16.3. The van der Waals surface area contributed by atoms with Crippen LogP contribution >= 0.6 is 0 Å². The first-order valence-corrected chi connectivity index (χ1v) is 8.21. The monoisotopic (exact) mass is 313 g/mol. The van der Waals surface area contributed by atoms with E-state index in [1.165, 1.54) is 0 Å². The van der Waals surface area contributed by atoms with E-state index in [0.717, 1.165) is 43.6 Å². The maximum Gasteiger partial charge on any atom is 0.290 e. The average Bonchev–Trinajstić information content (AvgIpc) is 2.84. The Hall–Kier alpha value is -2.14. The molecule has 2 aromatic rings. The van der Waals surface area contributed by atoms with Crippen LogP contribution in [0.25, 0.3) is 0 Å². The molecule has 5 heteroatoms. The van der Waals surface area contributed by atoms with E-state index in [9.17, 15) is 4.79 Å². The second kappa shape index (κ2) is 7.42. The molecule has 0 aromatic carbocycles. The minimum atomic E-state index is -0.0370. The van der Waals surface area contributed by atoms with E-state index in [-0.39, 0.29) is 11.9 Å². The lowest BCUT2D eigenvalue weighted by atomic mass is 10.1. The Morgan fingerprint density at radius 1 is 1.35 bits per heavy atom. The third-order valence-electron chi connectivity index (χ3n) is 4.36. The van der Waals surface area contributed by atoms with Gasteiger partial charge in [-0.2, -0.15) is 0 Å². The van der Waals surface area contributed by atoms with Crippen molar-refractivity contribution in [2.24, 2.45) is 0 Å². The molecule has 23 heavy (non-hydrogen) atoms. The van der Waals surface area contributed by atoms with Gasteiger partial charge in [-0.05, 0) is 57.5 Å². The number of aryl methyl sites for hydroxylation is 1. The third-order valence-corrected chi connectivity index (χ3v) is 4.36. The number of carbonyl (C=O) groups excluding carboxylic acids is 1. The number of hydrogen-bond acceptors (Lipinski definition) is 4. The van der Waals surface area contributed by atoms with Crippen LogP contribution in [0.4, 0.5) is 0 Å². The van der Waals surface area contributed by atoms with Crippen molar-refractivity contribution in [2.75, 3.05) is 13.1 Å². The zero-order valence-corrected chi connectivity index (χ0v) is 13.5. The largest absolute Gasteiger partial charge is 0.459 e. The second-order valence-electron chi connectivity index (χ2n) is 6.02. The van der Waals surface area contributed by atoms with E-state index < -0.39 is 0 Å². The van der Waals surface area contributed by atoms with Gasteiger partial charge in [0.1, 0.15) is 0 Å². The summed E-state index contributed by atoms with van der Waals surface area (Å²) in [4.78, 5) is 19.3. The Labute approximate surface area is 136 Å². The Morgan fingerprint density at radius 3 is 3.00 bits per heavy atom. The van der Waals surface area contributed by atoms with Crippen LogP contribution in [0.1, 0.15) is 41.1 Å². The number of hydrogen-bond donors (Lipinski definition) is 1. The highest BCUT2D eigenvalue weighted by Gasteiger charge is 2.28. The lowest BCUT2D eigenvalue weighted by Crippen LogP contribution is -2.40. The predicted molar refractivity (Wildman–Crippen MR) is 88.1 cm³/mol. The molecule has 0 bridgehead atoms. The van der Waals surface area contributed by atoms with Gasteiger partial charge in [-0.3, -0.25) is 9.78 Å². The normalized spacial score (nSPS) is 18.4. The number of nitrogens with zero attached hydrogens (tertiary/aromatic N) is 2. The second-order valence-corrected chi connectivity index (χ2v) is 6.02. The zero-order valence-electron chi connectivity index (χ0n) is 13.5. The Balaban J connectivity index is 1.86. The van der Waals surface area contributed by atoms with Gasteiger partial charge in [0.05, 0.1) is 18.5 Å². The van der Waals surface area contributed by atoms with E-state index in [1.54, 1.807) is 12.5 Å². The van der Waals surface area contributed by atoms with E-state index in [0.29, 0.717) is 12.3 Å². The molecular formula is C18H23N3O2. The lowest BCUT2D eigenvalue weighted by Gasteiger charge is -2.30. The van der Waals surface area contributed by atoms with E-state index in [2.05, 4.69) is 10.3 Å². The van der Waals surface area contributed by atoms with Gasteiger partial charge in [0.15, 0.2) is 5.76 Å². The number of aromatic nitrogens is 1. The molecule has 0 saturated carbocycles. The van der Waals surface area contributed by atoms with Crippen molar-refractivity contribution in [2.45, 2.75) is 38.8 Å². The molecule has 1 aliphatic heterocycles. The fraction of sp³-hybridized carbons (Fsp3) is 0.444. The smallest absolute Gasteiger partial charge is 0.290 e. The summed E-state index contributed by atoms with van der Waals surface area (Å²) < 4.78 is 5.44. The first-order chi connectivity index (χ1) is 11.3. The van der Waals surface area contributed by atoms with Crippen LogP contribution < -0.4 is 5.32 Å². The number of carbonyl (C=O) groups is 1. The van der Waals surface area contributed by atoms with E-state index in [4.69, 9.17) is 4.42 Å². The topological polar surface area (TPSA) is 58.4 Å². The van der Waals surface area contributed by atoms with Gasteiger partial charge in [-0.25, -0.2) is 0 Å². The Morgan fingerprint density at radius 2 is 2.26 bits per heavy atom. The van der Waals surface area contributed by atoms with Gasteiger partial charge in [0, 0.05) is 17.8 Å². The van der Waals surface area contributed by atoms with E-state index >= 15 is 0 Å². The molecule has 1 aliphatic rings. The predicted octanol–water partition coefficient (Wildman–Crippen LogP) is 2.77. The van der Waals surface area contributed by atoms with Gasteiger partial charge in [0.2, 0.25) is 0 Å². The molecule has 0 radical (unpaired) electrons. The van der Waals surface area contributed by atoms with Crippen LogP contribution in [0.15, 0.2) is 41.1 Å². The SMILES string of the molecule is Cc1ccoc1C(=O)N(Cc1ccccn1)[C@H]1CCCNCC1. The molecule has 1 amide bonds. The third kappa shape index (κ3) is 3.79. The standard InChI is InChI=1S/C18H23N3O2/c1-14-8-12-23-17(14)18(22)21(13-15-5-2-3-10-20-15)16-6-4-9-19-11-7-16/h2-3,5,8,10,12,16,19H,4,6-7,9,11,13H2,1H3/t16-/m0/s1. The quantitative estimate of drug-likeness (QED) is 0.943. The van der Waals surface area contributed by atoms with Crippen molar-refractivity contribution in [1.82, 2.24) is 15.2 Å². The molecule has 0 aliphatic carbocycles. The Kier molecular flexibility index (Phi) is 5.08. The first kappa shape index (κ1) is 15.7. The molecule has 1 fully saturated rings. The summed E-state index contributed by atoms with van der Waals surface area (Å²) in [5.41, 5.74) is 1.79. The highest BCUT2D eigenvalue weighted by molar-refractivity contribution is 5.93. The van der Waals surface area contributed by atoms with Crippen LogP contribution in [0.5, 0.6) is 0 Å². The fourth-order valence-corrected chi connectivity index (χ4v) is 3.07. The molecule has 0 unspecified atom stereocenters. The molecule has 3 heterocycles. The van der Waals surface area contributed by atoms with Gasteiger partial charge in [-0.15, -0.1) is 0 Å². The zero-order chi connectivity index (χ0) is 16.1. The van der Waals surface area contributed by atoms with E-state index in [1.807, 2.05) is 36.1 Å². The summed E-state index contributed by atoms with van der Waals surface area (Å²) in [7, 11) is 0. The summed E-state index contributed by atoms with van der Waals surface area (Å²) >= 11 is 0. The summed E-state index contributed by atoms with van der Waals surface area (Å²) in [5, 5.41) is 3.40. The van der Waals surface area contributed by atoms with Crippen molar-refractivity contribution in [3.63, 3.8) is 0 Å². The fourth-order valence-electron chi connectivity index (χ4n) is 3.07. The van der Waals surface area contributed by atoms with Crippen molar-refractivity contribution >= 4 is 5.91 Å². The molecule has 0 spiro atoms. The van der Waals surface area contributed by atoms with Gasteiger partial charge in [0.25, 0.3) is 5.91 Å². The molecule has 5 nitrogen and oxygen atoms in total. The molecule has 1 N–H and O–H groups in total. The lowest BCUT2D eigenvalue weighted by molar-refractivity contribution is 0.0608. The number of furan rings is 1. The minimum Gasteiger partial charge on any atom is -0.459 e. The molecule has 2 aromatic heterocycles. The van der Waals surface area contributed by atoms with Crippen LogP contribution in [-0.2, 0) is 6.54 Å². The van der Waals surface area contributed by atoms with Gasteiger partial charge >= 0.3 is 0 Å². The van der Waals surface area contributed by atoms with Crippen LogP contribution in [0, 0.1) is 6.92 Å². The minimum absolute atomic E-state index is 0.0370. The van der Waals surface area contributed by atoms with Crippen LogP contribution in [0.2, 0.25) is 0 Å². The van der Waals surface area contributed by atoms with Crippen molar-refractivity contribution in [3.05, 3.63) is 53.7 Å². The van der Waals surface area contributed by atoms with Crippen LogP contribution in [0.3, 0.4) is 0 Å². The molecule has 122 valence electrons. The maximum absolute atomic E-state index is 13.0. The maximum atomic E-state index is 13.0. The summed E-state index contributed by atoms with van der Waals surface area (Å²) in [6.45, 7) is 4.38. The molecule has 1 atom stereocenters. The van der Waals surface area contributed by atoms with Crippen molar-refractivity contribution in [1.29, 1.82) is 0 Å².